The Labute approximate surface area is 204 Å². The zero-order valence-electron chi connectivity index (χ0n) is 19.6. The van der Waals surface area contributed by atoms with Gasteiger partial charge in [0.25, 0.3) is 5.91 Å². The first-order chi connectivity index (χ1) is 17.2. The summed E-state index contributed by atoms with van der Waals surface area (Å²) < 4.78 is 0. The molecule has 4 aromatic rings. The topological polar surface area (TPSA) is 59.7 Å². The maximum absolute atomic E-state index is 13.4. The number of hydrogen-bond donors (Lipinski definition) is 1. The van der Waals surface area contributed by atoms with Gasteiger partial charge in [-0.3, -0.25) is 9.59 Å². The quantitative estimate of drug-likeness (QED) is 0.475. The fourth-order valence-corrected chi connectivity index (χ4v) is 5.48. The molecule has 1 aromatic heterocycles. The number of amides is 2. The molecular weight excluding hydrogens is 436 g/mol. The third-order valence-corrected chi connectivity index (χ3v) is 7.29. The minimum Gasteiger partial charge on any atom is -0.368 e. The molecular formula is C29H28N4O2. The van der Waals surface area contributed by atoms with Crippen molar-refractivity contribution in [3.63, 3.8) is 0 Å². The summed E-state index contributed by atoms with van der Waals surface area (Å²) in [6, 6.07) is 26.1. The molecule has 3 aromatic carbocycles. The first-order valence-corrected chi connectivity index (χ1v) is 12.2. The molecule has 0 bridgehead atoms. The van der Waals surface area contributed by atoms with Crippen LogP contribution in [0.4, 0.5) is 5.69 Å². The predicted molar refractivity (Wildman–Crippen MR) is 137 cm³/mol. The zero-order valence-corrected chi connectivity index (χ0v) is 19.6. The summed E-state index contributed by atoms with van der Waals surface area (Å²) in [5, 5.41) is 1.11. The SMILES string of the molecule is O=C(CCN1C(=O)c2ccccc2C1c1c[nH]c2ccccc12)N1CCN(c2ccccc2)CC1. The van der Waals surface area contributed by atoms with Crippen LogP contribution < -0.4 is 4.90 Å². The average molecular weight is 465 g/mol. The lowest BCUT2D eigenvalue weighted by Crippen LogP contribution is -2.49. The number of carbonyl (C=O) groups is 2. The van der Waals surface area contributed by atoms with Gasteiger partial charge in [-0.15, -0.1) is 0 Å². The molecule has 6 rings (SSSR count). The van der Waals surface area contributed by atoms with Gasteiger partial charge in [0.1, 0.15) is 0 Å². The average Bonchev–Trinajstić information content (AvgIpc) is 3.46. The highest BCUT2D eigenvalue weighted by Gasteiger charge is 2.38. The number of nitrogens with zero attached hydrogens (tertiary/aromatic N) is 3. The van der Waals surface area contributed by atoms with E-state index in [-0.39, 0.29) is 17.9 Å². The number of anilines is 1. The first kappa shape index (κ1) is 21.5. The molecule has 1 unspecified atom stereocenters. The van der Waals surface area contributed by atoms with Crippen molar-refractivity contribution >= 4 is 28.4 Å². The first-order valence-electron chi connectivity index (χ1n) is 12.2. The number of aromatic nitrogens is 1. The Bertz CT molecular complexity index is 1370. The van der Waals surface area contributed by atoms with Gasteiger partial charge < -0.3 is 19.7 Å². The second kappa shape index (κ2) is 8.95. The molecule has 1 N–H and O–H groups in total. The van der Waals surface area contributed by atoms with Gasteiger partial charge in [-0.1, -0.05) is 54.6 Å². The third kappa shape index (κ3) is 3.85. The zero-order chi connectivity index (χ0) is 23.8. The van der Waals surface area contributed by atoms with E-state index in [1.165, 1.54) is 5.69 Å². The van der Waals surface area contributed by atoms with Gasteiger partial charge in [-0.2, -0.15) is 0 Å². The Morgan fingerprint density at radius 3 is 2.37 bits per heavy atom. The van der Waals surface area contributed by atoms with Crippen molar-refractivity contribution in [3.05, 3.63) is 102 Å². The largest absolute Gasteiger partial charge is 0.368 e. The minimum atomic E-state index is -0.197. The minimum absolute atomic E-state index is 0.00224. The molecule has 1 fully saturated rings. The van der Waals surface area contributed by atoms with Gasteiger partial charge in [0, 0.05) is 73.1 Å². The second-order valence-corrected chi connectivity index (χ2v) is 9.23. The number of para-hydroxylation sites is 2. The highest BCUT2D eigenvalue weighted by Crippen LogP contribution is 2.41. The normalized spacial score (nSPS) is 17.8. The molecule has 1 saturated heterocycles. The molecule has 0 aliphatic carbocycles. The molecule has 6 heteroatoms. The summed E-state index contributed by atoms with van der Waals surface area (Å²) in [5.41, 5.74) is 5.05. The van der Waals surface area contributed by atoms with Crippen LogP contribution in [0.1, 0.15) is 33.9 Å². The van der Waals surface area contributed by atoms with E-state index in [2.05, 4.69) is 28.1 Å². The molecule has 6 nitrogen and oxygen atoms in total. The fourth-order valence-electron chi connectivity index (χ4n) is 5.48. The Morgan fingerprint density at radius 2 is 1.54 bits per heavy atom. The number of aromatic amines is 1. The van der Waals surface area contributed by atoms with E-state index in [0.29, 0.717) is 26.1 Å². The number of benzene rings is 3. The second-order valence-electron chi connectivity index (χ2n) is 9.23. The van der Waals surface area contributed by atoms with Crippen LogP contribution in [-0.4, -0.2) is 59.3 Å². The summed E-state index contributed by atoms with van der Waals surface area (Å²) in [6.07, 6.45) is 2.33. The molecule has 35 heavy (non-hydrogen) atoms. The molecule has 176 valence electrons. The van der Waals surface area contributed by atoms with Crippen molar-refractivity contribution in [2.75, 3.05) is 37.6 Å². The molecule has 2 amide bonds. The van der Waals surface area contributed by atoms with E-state index < -0.39 is 0 Å². The molecule has 0 radical (unpaired) electrons. The van der Waals surface area contributed by atoms with Crippen LogP contribution in [0.15, 0.2) is 85.1 Å². The van der Waals surface area contributed by atoms with Crippen molar-refractivity contribution in [2.45, 2.75) is 12.5 Å². The van der Waals surface area contributed by atoms with Crippen LogP contribution >= 0.6 is 0 Å². The van der Waals surface area contributed by atoms with Crippen LogP contribution in [0.5, 0.6) is 0 Å². The molecule has 1 atom stereocenters. The van der Waals surface area contributed by atoms with Gasteiger partial charge >= 0.3 is 0 Å². The van der Waals surface area contributed by atoms with E-state index in [0.717, 1.165) is 40.7 Å². The number of nitrogens with one attached hydrogen (secondary N) is 1. The highest BCUT2D eigenvalue weighted by molar-refractivity contribution is 6.01. The van der Waals surface area contributed by atoms with Crippen LogP contribution in [-0.2, 0) is 4.79 Å². The molecule has 0 spiro atoms. The smallest absolute Gasteiger partial charge is 0.255 e. The Balaban J connectivity index is 1.18. The Kier molecular flexibility index (Phi) is 5.49. The van der Waals surface area contributed by atoms with Gasteiger partial charge in [0.2, 0.25) is 5.91 Å². The maximum atomic E-state index is 13.4. The van der Waals surface area contributed by atoms with Crippen LogP contribution in [0.2, 0.25) is 0 Å². The lowest BCUT2D eigenvalue weighted by Gasteiger charge is -2.36. The molecule has 3 heterocycles. The van der Waals surface area contributed by atoms with E-state index >= 15 is 0 Å². The summed E-state index contributed by atoms with van der Waals surface area (Å²) in [6.45, 7) is 3.45. The van der Waals surface area contributed by atoms with Crippen LogP contribution in [0.3, 0.4) is 0 Å². The van der Waals surface area contributed by atoms with Crippen molar-refractivity contribution in [1.82, 2.24) is 14.8 Å². The van der Waals surface area contributed by atoms with Crippen molar-refractivity contribution in [1.29, 1.82) is 0 Å². The van der Waals surface area contributed by atoms with Gasteiger partial charge in [0.05, 0.1) is 6.04 Å². The Hall–Kier alpha value is -4.06. The van der Waals surface area contributed by atoms with Gasteiger partial charge in [0.15, 0.2) is 0 Å². The van der Waals surface area contributed by atoms with E-state index in [1.807, 2.05) is 76.7 Å². The van der Waals surface area contributed by atoms with E-state index in [4.69, 9.17) is 0 Å². The summed E-state index contributed by atoms with van der Waals surface area (Å²) in [7, 11) is 0. The number of H-pyrrole nitrogens is 1. The fraction of sp³-hybridized carbons (Fsp3) is 0.241. The highest BCUT2D eigenvalue weighted by atomic mass is 16.2. The molecule has 2 aliphatic heterocycles. The summed E-state index contributed by atoms with van der Waals surface area (Å²) in [5.74, 6) is 0.108. The number of rotatable bonds is 5. The van der Waals surface area contributed by atoms with E-state index in [1.54, 1.807) is 0 Å². The monoisotopic (exact) mass is 464 g/mol. The summed E-state index contributed by atoms with van der Waals surface area (Å²) in [4.78, 5) is 36.0. The van der Waals surface area contributed by atoms with Crippen molar-refractivity contribution in [2.24, 2.45) is 0 Å². The predicted octanol–water partition coefficient (Wildman–Crippen LogP) is 4.45. The number of fused-ring (bicyclic) bond motifs is 2. The maximum Gasteiger partial charge on any atom is 0.255 e. The number of hydrogen-bond acceptors (Lipinski definition) is 3. The van der Waals surface area contributed by atoms with Crippen LogP contribution in [0, 0.1) is 0 Å². The Morgan fingerprint density at radius 1 is 0.829 bits per heavy atom. The standard InChI is InChI=1S/C29H28N4O2/c34-27(32-18-16-31(17-19-32)21-8-2-1-3-9-21)14-15-33-28(23-11-4-5-12-24(23)29(33)35)25-20-30-26-13-7-6-10-22(25)26/h1-13,20,28,30H,14-19H2. The lowest BCUT2D eigenvalue weighted by molar-refractivity contribution is -0.131. The van der Waals surface area contributed by atoms with Gasteiger partial charge in [-0.25, -0.2) is 0 Å². The number of carbonyl (C=O) groups excluding carboxylic acids is 2. The lowest BCUT2D eigenvalue weighted by atomic mass is 9.97. The van der Waals surface area contributed by atoms with E-state index in [9.17, 15) is 9.59 Å². The molecule has 2 aliphatic rings. The molecule has 0 saturated carbocycles. The van der Waals surface area contributed by atoms with Gasteiger partial charge in [-0.05, 0) is 29.8 Å². The van der Waals surface area contributed by atoms with Crippen LogP contribution in [0.25, 0.3) is 10.9 Å². The van der Waals surface area contributed by atoms with Crippen molar-refractivity contribution < 1.29 is 9.59 Å². The third-order valence-electron chi connectivity index (χ3n) is 7.29. The summed E-state index contributed by atoms with van der Waals surface area (Å²) >= 11 is 0. The van der Waals surface area contributed by atoms with Crippen molar-refractivity contribution in [3.8, 4) is 0 Å². The number of piperazine rings is 1.